The van der Waals surface area contributed by atoms with Gasteiger partial charge < -0.3 is 10.4 Å². The van der Waals surface area contributed by atoms with Gasteiger partial charge in [0.05, 0.1) is 16.5 Å². The maximum atomic E-state index is 10.8. The van der Waals surface area contributed by atoms with Crippen molar-refractivity contribution < 1.29 is 10.0 Å². The number of rotatable bonds is 3. The smallest absolute Gasteiger partial charge is 0.270 e. The first-order valence-electron chi connectivity index (χ1n) is 5.97. The molecule has 7 heteroatoms. The van der Waals surface area contributed by atoms with Crippen LogP contribution < -0.4 is 5.32 Å². The molecule has 1 heterocycles. The second-order valence-electron chi connectivity index (χ2n) is 4.65. The summed E-state index contributed by atoms with van der Waals surface area (Å²) in [6, 6.07) is 4.65. The van der Waals surface area contributed by atoms with Crippen LogP contribution in [0, 0.1) is 10.1 Å². The Hall–Kier alpha value is -2.28. The average Bonchev–Trinajstić information content (AvgIpc) is 2.36. The van der Waals surface area contributed by atoms with Crippen LogP contribution in [0.2, 0.25) is 0 Å². The quantitative estimate of drug-likeness (QED) is 0.640. The Balaban J connectivity index is 1.98. The van der Waals surface area contributed by atoms with Crippen LogP contribution in [0.25, 0.3) is 10.9 Å². The molecule has 1 aliphatic rings. The molecule has 3 rings (SSSR count). The van der Waals surface area contributed by atoms with E-state index in [4.69, 9.17) is 0 Å². The SMILES string of the molecule is O=[N+]([O-])c1ccc2ncnc(NC3CC(O)C3)c2c1. The van der Waals surface area contributed by atoms with Gasteiger partial charge in [0, 0.05) is 23.6 Å². The molecule has 1 saturated carbocycles. The number of hydrogen-bond acceptors (Lipinski definition) is 6. The van der Waals surface area contributed by atoms with Gasteiger partial charge in [0.1, 0.15) is 12.1 Å². The molecule has 2 aromatic rings. The summed E-state index contributed by atoms with van der Waals surface area (Å²) in [4.78, 5) is 18.6. The number of non-ortho nitro benzene ring substituents is 1. The molecule has 0 spiro atoms. The van der Waals surface area contributed by atoms with E-state index in [1.807, 2.05) is 0 Å². The fourth-order valence-corrected chi connectivity index (χ4v) is 2.17. The molecule has 0 bridgehead atoms. The van der Waals surface area contributed by atoms with Gasteiger partial charge >= 0.3 is 0 Å². The average molecular weight is 260 g/mol. The normalized spacial score (nSPS) is 21.9. The number of nitrogens with one attached hydrogen (secondary N) is 1. The lowest BCUT2D eigenvalue weighted by molar-refractivity contribution is -0.384. The second-order valence-corrected chi connectivity index (χ2v) is 4.65. The summed E-state index contributed by atoms with van der Waals surface area (Å²) in [5.41, 5.74) is 0.668. The minimum absolute atomic E-state index is 0.0130. The van der Waals surface area contributed by atoms with Crippen molar-refractivity contribution in [2.45, 2.75) is 25.0 Å². The number of nitrogens with zero attached hydrogens (tertiary/aromatic N) is 3. The predicted molar refractivity (Wildman–Crippen MR) is 68.8 cm³/mol. The van der Waals surface area contributed by atoms with Crippen LogP contribution >= 0.6 is 0 Å². The van der Waals surface area contributed by atoms with Crippen molar-refractivity contribution in [1.29, 1.82) is 0 Å². The number of hydrogen-bond donors (Lipinski definition) is 2. The number of aliphatic hydroxyl groups excluding tert-OH is 1. The Bertz CT molecular complexity index is 640. The topological polar surface area (TPSA) is 101 Å². The highest BCUT2D eigenvalue weighted by molar-refractivity contribution is 5.90. The third-order valence-electron chi connectivity index (χ3n) is 3.28. The zero-order valence-electron chi connectivity index (χ0n) is 9.98. The first-order chi connectivity index (χ1) is 9.13. The van der Waals surface area contributed by atoms with Gasteiger partial charge in [0.15, 0.2) is 0 Å². The number of aliphatic hydroxyl groups is 1. The first-order valence-corrected chi connectivity index (χ1v) is 5.97. The van der Waals surface area contributed by atoms with Crippen molar-refractivity contribution in [1.82, 2.24) is 9.97 Å². The minimum Gasteiger partial charge on any atom is -0.393 e. The van der Waals surface area contributed by atoms with Crippen LogP contribution in [0.15, 0.2) is 24.5 Å². The highest BCUT2D eigenvalue weighted by atomic mass is 16.6. The van der Waals surface area contributed by atoms with E-state index >= 15 is 0 Å². The minimum atomic E-state index is -0.441. The van der Waals surface area contributed by atoms with Crippen LogP contribution in [-0.4, -0.2) is 32.1 Å². The van der Waals surface area contributed by atoms with Gasteiger partial charge in [-0.05, 0) is 18.9 Å². The molecule has 1 fully saturated rings. The third-order valence-corrected chi connectivity index (χ3v) is 3.28. The largest absolute Gasteiger partial charge is 0.393 e. The summed E-state index contributed by atoms with van der Waals surface area (Å²) in [7, 11) is 0. The Morgan fingerprint density at radius 1 is 1.37 bits per heavy atom. The Labute approximate surface area is 108 Å². The molecule has 7 nitrogen and oxygen atoms in total. The summed E-state index contributed by atoms with van der Waals surface area (Å²) in [5.74, 6) is 0.575. The van der Waals surface area contributed by atoms with Crippen molar-refractivity contribution in [3.8, 4) is 0 Å². The summed E-state index contributed by atoms with van der Waals surface area (Å²) < 4.78 is 0. The van der Waals surface area contributed by atoms with Crippen LogP contribution in [0.1, 0.15) is 12.8 Å². The molecule has 0 atom stereocenters. The lowest BCUT2D eigenvalue weighted by atomic mass is 9.89. The maximum absolute atomic E-state index is 10.8. The lowest BCUT2D eigenvalue weighted by Crippen LogP contribution is -2.39. The van der Waals surface area contributed by atoms with Gasteiger partial charge in [0.2, 0.25) is 0 Å². The van der Waals surface area contributed by atoms with E-state index in [9.17, 15) is 15.2 Å². The molecule has 1 aliphatic carbocycles. The summed E-state index contributed by atoms with van der Waals surface area (Å²) in [6.45, 7) is 0. The van der Waals surface area contributed by atoms with Crippen molar-refractivity contribution in [2.24, 2.45) is 0 Å². The number of benzene rings is 1. The van der Waals surface area contributed by atoms with Gasteiger partial charge in [-0.2, -0.15) is 0 Å². The van der Waals surface area contributed by atoms with Crippen molar-refractivity contribution in [2.75, 3.05) is 5.32 Å². The molecule has 98 valence electrons. The molecule has 2 N–H and O–H groups in total. The standard InChI is InChI=1S/C12H12N4O3/c17-9-3-7(4-9)15-12-10-5-8(16(18)19)1-2-11(10)13-6-14-12/h1-2,5-7,9,17H,3-4H2,(H,13,14,15). The van der Waals surface area contributed by atoms with Crippen molar-refractivity contribution in [3.05, 3.63) is 34.6 Å². The Morgan fingerprint density at radius 2 is 2.16 bits per heavy atom. The fraction of sp³-hybridized carbons (Fsp3) is 0.333. The predicted octanol–water partition coefficient (Wildman–Crippen LogP) is 1.47. The van der Waals surface area contributed by atoms with E-state index in [1.54, 1.807) is 6.07 Å². The van der Waals surface area contributed by atoms with Gasteiger partial charge in [-0.3, -0.25) is 10.1 Å². The van der Waals surface area contributed by atoms with E-state index in [0.717, 1.165) is 0 Å². The van der Waals surface area contributed by atoms with E-state index < -0.39 is 4.92 Å². The van der Waals surface area contributed by atoms with Crippen LogP contribution in [-0.2, 0) is 0 Å². The zero-order valence-corrected chi connectivity index (χ0v) is 9.98. The summed E-state index contributed by atoms with van der Waals surface area (Å²) >= 11 is 0. The molecule has 1 aromatic carbocycles. The molecule has 0 aliphatic heterocycles. The molecule has 0 radical (unpaired) electrons. The van der Waals surface area contributed by atoms with Crippen LogP contribution in [0.5, 0.6) is 0 Å². The van der Waals surface area contributed by atoms with Crippen molar-refractivity contribution in [3.63, 3.8) is 0 Å². The first kappa shape index (κ1) is 11.8. The number of aromatic nitrogens is 2. The molecular weight excluding hydrogens is 248 g/mol. The van der Waals surface area contributed by atoms with Gasteiger partial charge in [-0.15, -0.1) is 0 Å². The summed E-state index contributed by atoms with van der Waals surface area (Å²) in [6.07, 6.45) is 2.49. The van der Waals surface area contributed by atoms with E-state index in [2.05, 4.69) is 15.3 Å². The molecule has 0 unspecified atom stereocenters. The summed E-state index contributed by atoms with van der Waals surface area (Å²) in [5, 5.41) is 23.9. The highest BCUT2D eigenvalue weighted by Crippen LogP contribution is 2.28. The molecule has 0 saturated heterocycles. The van der Waals surface area contributed by atoms with E-state index in [0.29, 0.717) is 29.6 Å². The maximum Gasteiger partial charge on any atom is 0.270 e. The monoisotopic (exact) mass is 260 g/mol. The lowest BCUT2D eigenvalue weighted by Gasteiger charge is -2.32. The molecule has 19 heavy (non-hydrogen) atoms. The molecule has 0 amide bonds. The number of nitro groups is 1. The second kappa shape index (κ2) is 4.43. The molecular formula is C12H12N4O3. The number of anilines is 1. The van der Waals surface area contributed by atoms with E-state index in [-0.39, 0.29) is 17.8 Å². The Morgan fingerprint density at radius 3 is 2.84 bits per heavy atom. The zero-order chi connectivity index (χ0) is 13.4. The fourth-order valence-electron chi connectivity index (χ4n) is 2.17. The van der Waals surface area contributed by atoms with E-state index in [1.165, 1.54) is 18.5 Å². The van der Waals surface area contributed by atoms with Gasteiger partial charge in [-0.25, -0.2) is 9.97 Å². The highest BCUT2D eigenvalue weighted by Gasteiger charge is 2.27. The van der Waals surface area contributed by atoms with Gasteiger partial charge in [-0.1, -0.05) is 0 Å². The number of nitro benzene ring substituents is 1. The van der Waals surface area contributed by atoms with Crippen molar-refractivity contribution >= 4 is 22.4 Å². The third kappa shape index (κ3) is 2.19. The van der Waals surface area contributed by atoms with Crippen LogP contribution in [0.4, 0.5) is 11.5 Å². The Kier molecular flexibility index (Phi) is 2.75. The number of fused-ring (bicyclic) bond motifs is 1. The van der Waals surface area contributed by atoms with Gasteiger partial charge in [0.25, 0.3) is 5.69 Å². The molecule has 1 aromatic heterocycles. The van der Waals surface area contributed by atoms with Crippen LogP contribution in [0.3, 0.4) is 0 Å².